The predicted octanol–water partition coefficient (Wildman–Crippen LogP) is 1.76. The highest BCUT2D eigenvalue weighted by Crippen LogP contribution is 2.22. The van der Waals surface area contributed by atoms with Crippen LogP contribution in [-0.4, -0.2) is 87.3 Å². The molecule has 7 nitrogen and oxygen atoms in total. The Morgan fingerprint density at radius 3 is 2.38 bits per heavy atom. The van der Waals surface area contributed by atoms with E-state index in [1.54, 1.807) is 4.90 Å². The molecule has 1 aromatic rings. The van der Waals surface area contributed by atoms with Crippen molar-refractivity contribution in [1.29, 1.82) is 0 Å². The van der Waals surface area contributed by atoms with Crippen LogP contribution >= 0.6 is 0 Å². The number of benzene rings is 1. The molecule has 3 rings (SSSR count). The first-order valence-electron chi connectivity index (χ1n) is 11.3. The molecule has 0 saturated carbocycles. The zero-order valence-corrected chi connectivity index (χ0v) is 19.7. The highest BCUT2D eigenvalue weighted by Gasteiger charge is 2.29. The fraction of sp³-hybridized carbons (Fsp3) is 0.682. The van der Waals surface area contributed by atoms with Gasteiger partial charge in [-0.25, -0.2) is 17.2 Å². The number of piperidine rings is 1. The van der Waals surface area contributed by atoms with Crippen LogP contribution in [0.4, 0.5) is 8.78 Å². The van der Waals surface area contributed by atoms with Gasteiger partial charge in [0.15, 0.2) is 11.6 Å². The summed E-state index contributed by atoms with van der Waals surface area (Å²) in [6, 6.07) is 2.60. The first-order chi connectivity index (χ1) is 15.2. The van der Waals surface area contributed by atoms with Crippen molar-refractivity contribution in [1.82, 2.24) is 19.4 Å². The lowest BCUT2D eigenvalue weighted by Gasteiger charge is -2.36. The molecule has 0 bridgehead atoms. The summed E-state index contributed by atoms with van der Waals surface area (Å²) < 4.78 is 54.9. The molecule has 2 aliphatic rings. The number of hydrogen-bond acceptors (Lipinski definition) is 5. The van der Waals surface area contributed by atoms with Gasteiger partial charge in [-0.1, -0.05) is 13.8 Å². The molecule has 0 radical (unpaired) electrons. The van der Waals surface area contributed by atoms with E-state index in [2.05, 4.69) is 24.1 Å². The minimum atomic E-state index is -4.08. The average Bonchev–Trinajstić information content (AvgIpc) is 2.75. The van der Waals surface area contributed by atoms with Crippen LogP contribution in [0.5, 0.6) is 0 Å². The van der Waals surface area contributed by atoms with E-state index < -0.39 is 21.7 Å². The molecular weight excluding hydrogens is 438 g/mol. The molecule has 2 aliphatic heterocycles. The molecule has 1 N–H and O–H groups in total. The molecule has 1 aromatic carbocycles. The second-order valence-corrected chi connectivity index (χ2v) is 11.0. The van der Waals surface area contributed by atoms with Gasteiger partial charge in [0.2, 0.25) is 15.9 Å². The van der Waals surface area contributed by atoms with Gasteiger partial charge in [-0.2, -0.15) is 4.31 Å². The van der Waals surface area contributed by atoms with Gasteiger partial charge < -0.3 is 15.1 Å². The molecule has 2 fully saturated rings. The van der Waals surface area contributed by atoms with Crippen molar-refractivity contribution >= 4 is 15.9 Å². The molecule has 0 aliphatic carbocycles. The van der Waals surface area contributed by atoms with Gasteiger partial charge in [-0.15, -0.1) is 0 Å². The van der Waals surface area contributed by atoms with Crippen molar-refractivity contribution < 1.29 is 22.0 Å². The zero-order valence-electron chi connectivity index (χ0n) is 18.9. The van der Waals surface area contributed by atoms with Crippen molar-refractivity contribution in [3.8, 4) is 0 Å². The number of likely N-dealkylation sites (tertiary alicyclic amines) is 1. The maximum atomic E-state index is 13.8. The number of nitrogens with one attached hydrogen (secondary N) is 1. The Bertz CT molecular complexity index is 883. The minimum Gasteiger partial charge on any atom is -0.340 e. The topological polar surface area (TPSA) is 73.0 Å². The summed E-state index contributed by atoms with van der Waals surface area (Å²) in [4.78, 5) is 16.3. The quantitative estimate of drug-likeness (QED) is 0.624. The fourth-order valence-corrected chi connectivity index (χ4v) is 6.10. The summed E-state index contributed by atoms with van der Waals surface area (Å²) in [7, 11) is -4.08. The van der Waals surface area contributed by atoms with Crippen molar-refractivity contribution in [3.63, 3.8) is 0 Å². The van der Waals surface area contributed by atoms with Crippen molar-refractivity contribution in [3.05, 3.63) is 29.8 Å². The predicted molar refractivity (Wildman–Crippen MR) is 119 cm³/mol. The maximum Gasteiger partial charge on any atom is 0.243 e. The standard InChI is InChI=1S/C22H34F2N4O3S/c1-17-13-18(2)16-26(15-17)11-12-28(8-5-22(29)27-9-6-25-7-10-27)32(30,31)19-3-4-20(23)21(24)14-19/h3-4,14,17-18,25H,5-13,15-16H2,1-2H3/t17-,18+. The Labute approximate surface area is 189 Å². The van der Waals surface area contributed by atoms with E-state index in [4.69, 9.17) is 0 Å². The normalized spacial score (nSPS) is 23.0. The molecule has 10 heteroatoms. The number of amides is 1. The maximum absolute atomic E-state index is 13.8. The molecule has 2 saturated heterocycles. The highest BCUT2D eigenvalue weighted by molar-refractivity contribution is 7.89. The van der Waals surface area contributed by atoms with Crippen molar-refractivity contribution in [2.24, 2.45) is 11.8 Å². The number of halogens is 2. The Morgan fingerprint density at radius 1 is 1.09 bits per heavy atom. The summed E-state index contributed by atoms with van der Waals surface area (Å²) in [5.41, 5.74) is 0. The Balaban J connectivity index is 1.73. The number of rotatable bonds is 8. The van der Waals surface area contributed by atoms with Gasteiger partial charge in [0.05, 0.1) is 4.90 Å². The Morgan fingerprint density at radius 2 is 1.75 bits per heavy atom. The molecular formula is C22H34F2N4O3S. The molecule has 2 atom stereocenters. The number of carbonyl (C=O) groups excluding carboxylic acids is 1. The second-order valence-electron chi connectivity index (χ2n) is 9.07. The number of piperazine rings is 1. The molecule has 180 valence electrons. The fourth-order valence-electron chi connectivity index (χ4n) is 4.66. The van der Waals surface area contributed by atoms with Gasteiger partial charge >= 0.3 is 0 Å². The van der Waals surface area contributed by atoms with E-state index in [0.29, 0.717) is 50.6 Å². The number of carbonyl (C=O) groups is 1. The zero-order chi connectivity index (χ0) is 23.3. The lowest BCUT2D eigenvalue weighted by Crippen LogP contribution is -2.48. The Hall–Kier alpha value is -1.62. The van der Waals surface area contributed by atoms with Crippen LogP contribution in [0.15, 0.2) is 23.1 Å². The first kappa shape index (κ1) is 25.0. The summed E-state index contributed by atoms with van der Waals surface area (Å²) in [6.45, 7) is 9.50. The van der Waals surface area contributed by atoms with Gasteiger partial charge in [0.25, 0.3) is 0 Å². The smallest absolute Gasteiger partial charge is 0.243 e. The summed E-state index contributed by atoms with van der Waals surface area (Å²) in [6.07, 6.45) is 1.20. The van der Waals surface area contributed by atoms with Crippen LogP contribution in [-0.2, 0) is 14.8 Å². The van der Waals surface area contributed by atoms with Gasteiger partial charge in [-0.3, -0.25) is 4.79 Å². The van der Waals surface area contributed by atoms with E-state index >= 15 is 0 Å². The minimum absolute atomic E-state index is 0.00301. The summed E-state index contributed by atoms with van der Waals surface area (Å²) in [5.74, 6) is -1.34. The molecule has 1 amide bonds. The van der Waals surface area contributed by atoms with Gasteiger partial charge in [-0.05, 0) is 36.5 Å². The van der Waals surface area contributed by atoms with Crippen LogP contribution in [0.25, 0.3) is 0 Å². The lowest BCUT2D eigenvalue weighted by atomic mass is 9.92. The van der Waals surface area contributed by atoms with Crippen molar-refractivity contribution in [2.45, 2.75) is 31.6 Å². The van der Waals surface area contributed by atoms with E-state index in [-0.39, 0.29) is 30.3 Å². The first-order valence-corrected chi connectivity index (χ1v) is 12.8. The molecule has 0 unspecified atom stereocenters. The monoisotopic (exact) mass is 472 g/mol. The second kappa shape index (κ2) is 11.0. The third-order valence-corrected chi connectivity index (χ3v) is 8.08. The third kappa shape index (κ3) is 6.46. The van der Waals surface area contributed by atoms with E-state index in [1.165, 1.54) is 4.31 Å². The largest absolute Gasteiger partial charge is 0.340 e. The van der Waals surface area contributed by atoms with Crippen LogP contribution in [0, 0.1) is 23.5 Å². The lowest BCUT2D eigenvalue weighted by molar-refractivity contribution is -0.131. The molecule has 0 spiro atoms. The molecule has 2 heterocycles. The SMILES string of the molecule is C[C@@H]1C[C@H](C)CN(CCN(CCC(=O)N2CCNCC2)S(=O)(=O)c2ccc(F)c(F)c2)C1. The van der Waals surface area contributed by atoms with Gasteiger partial charge in [0.1, 0.15) is 0 Å². The number of hydrogen-bond donors (Lipinski definition) is 1. The van der Waals surface area contributed by atoms with E-state index in [1.807, 2.05) is 0 Å². The van der Waals surface area contributed by atoms with Crippen molar-refractivity contribution in [2.75, 3.05) is 58.9 Å². The van der Waals surface area contributed by atoms with E-state index in [9.17, 15) is 22.0 Å². The van der Waals surface area contributed by atoms with Gasteiger partial charge in [0, 0.05) is 65.3 Å². The number of sulfonamides is 1. The van der Waals surface area contributed by atoms with Crippen LogP contribution in [0.1, 0.15) is 26.7 Å². The van der Waals surface area contributed by atoms with E-state index in [0.717, 1.165) is 31.6 Å². The third-order valence-electron chi connectivity index (χ3n) is 6.18. The van der Waals surface area contributed by atoms with Crippen LogP contribution < -0.4 is 5.32 Å². The van der Waals surface area contributed by atoms with Crippen LogP contribution in [0.3, 0.4) is 0 Å². The Kier molecular flexibility index (Phi) is 8.60. The summed E-state index contributed by atoms with van der Waals surface area (Å²) >= 11 is 0. The molecule has 0 aromatic heterocycles. The average molecular weight is 473 g/mol. The number of nitrogens with zero attached hydrogens (tertiary/aromatic N) is 3. The van der Waals surface area contributed by atoms with Crippen LogP contribution in [0.2, 0.25) is 0 Å². The molecule has 32 heavy (non-hydrogen) atoms. The summed E-state index contributed by atoms with van der Waals surface area (Å²) in [5, 5.41) is 3.18. The highest BCUT2D eigenvalue weighted by atomic mass is 32.2.